The van der Waals surface area contributed by atoms with E-state index in [1.165, 1.54) is 6.20 Å². The molecule has 1 atom stereocenters. The van der Waals surface area contributed by atoms with Gasteiger partial charge in [-0.3, -0.25) is 14.5 Å². The van der Waals surface area contributed by atoms with E-state index in [9.17, 15) is 23.2 Å². The molecule has 2 aromatic rings. The Hall–Kier alpha value is -3.08. The highest BCUT2D eigenvalue weighted by Crippen LogP contribution is 2.43. The first-order valence-electron chi connectivity index (χ1n) is 13.4. The van der Waals surface area contributed by atoms with E-state index in [1.807, 2.05) is 0 Å². The number of hydrogen-bond donors (Lipinski definition) is 1. The van der Waals surface area contributed by atoms with Crippen LogP contribution in [0, 0.1) is 0 Å². The van der Waals surface area contributed by atoms with Crippen LogP contribution in [0.5, 0.6) is 0 Å². The number of halogens is 2. The van der Waals surface area contributed by atoms with Gasteiger partial charge in [-0.05, 0) is 58.6 Å². The molecule has 0 bridgehead atoms. The zero-order valence-corrected chi connectivity index (χ0v) is 22.1. The van der Waals surface area contributed by atoms with Gasteiger partial charge in [0.25, 0.3) is 5.92 Å². The lowest BCUT2D eigenvalue weighted by Crippen LogP contribution is -2.60. The summed E-state index contributed by atoms with van der Waals surface area (Å²) in [5, 5.41) is 7.65. The molecule has 0 radical (unpaired) electrons. The smallest absolute Gasteiger partial charge is 0.435 e. The number of fused-ring (bicyclic) bond motifs is 1. The number of nitrogens with one attached hydrogen (secondary N) is 1. The Bertz CT molecular complexity index is 1250. The van der Waals surface area contributed by atoms with Gasteiger partial charge in [0.1, 0.15) is 17.2 Å². The molecule has 38 heavy (non-hydrogen) atoms. The second-order valence-electron chi connectivity index (χ2n) is 11.7. The van der Waals surface area contributed by atoms with Gasteiger partial charge in [-0.25, -0.2) is 13.6 Å². The Balaban J connectivity index is 1.35. The van der Waals surface area contributed by atoms with Crippen molar-refractivity contribution in [1.29, 1.82) is 0 Å². The first-order chi connectivity index (χ1) is 17.9. The summed E-state index contributed by atoms with van der Waals surface area (Å²) in [6.07, 6.45) is 4.47. The molecule has 3 fully saturated rings. The standard InChI is InChI=1S/C27H35F2N5O4/c1-25(2,3)38-24(37)34-20-9-6-8-19(18(20)16-30-34)31-22(35)21-10-7-14-33(21)23(36)26(11-4-5-12-26)32-15-13-27(28,29)17-32/h6,8-9,16,21H,4-5,7,10-15,17H2,1-3H3,(H,31,35)/t21-/m1/s1. The normalized spacial score (nSPS) is 23.2. The third-order valence-electron chi connectivity index (χ3n) is 7.86. The van der Waals surface area contributed by atoms with E-state index in [-0.39, 0.29) is 24.8 Å². The van der Waals surface area contributed by atoms with Gasteiger partial charge in [0.05, 0.1) is 23.9 Å². The van der Waals surface area contributed by atoms with Gasteiger partial charge in [0.15, 0.2) is 0 Å². The zero-order chi connectivity index (χ0) is 27.3. The Labute approximate surface area is 220 Å². The van der Waals surface area contributed by atoms with Crippen LogP contribution >= 0.6 is 0 Å². The maximum atomic E-state index is 14.1. The van der Waals surface area contributed by atoms with Crippen LogP contribution in [0.2, 0.25) is 0 Å². The number of nitrogens with zero attached hydrogens (tertiary/aromatic N) is 4. The molecule has 2 amide bonds. The molecule has 1 N–H and O–H groups in total. The van der Waals surface area contributed by atoms with Gasteiger partial charge < -0.3 is 15.0 Å². The number of aromatic nitrogens is 2. The number of amides is 2. The summed E-state index contributed by atoms with van der Waals surface area (Å²) >= 11 is 0. The third-order valence-corrected chi connectivity index (χ3v) is 7.86. The molecule has 3 heterocycles. The molecule has 1 aromatic carbocycles. The number of rotatable bonds is 4. The van der Waals surface area contributed by atoms with E-state index < -0.39 is 35.7 Å². The van der Waals surface area contributed by atoms with Crippen LogP contribution in [0.3, 0.4) is 0 Å². The highest BCUT2D eigenvalue weighted by molar-refractivity contribution is 6.05. The van der Waals surface area contributed by atoms with Crippen LogP contribution < -0.4 is 5.32 Å². The van der Waals surface area contributed by atoms with Crippen LogP contribution in [-0.2, 0) is 14.3 Å². The van der Waals surface area contributed by atoms with Crippen molar-refractivity contribution in [1.82, 2.24) is 19.6 Å². The minimum absolute atomic E-state index is 0.188. The number of alkyl halides is 2. The Morgan fingerprint density at radius 2 is 1.82 bits per heavy atom. The first-order valence-corrected chi connectivity index (χ1v) is 13.4. The van der Waals surface area contributed by atoms with Gasteiger partial charge in [0.2, 0.25) is 11.8 Å². The SMILES string of the molecule is CC(C)(C)OC(=O)n1ncc2c(NC(=O)[C@H]3CCCN3C(=O)C3(N4CCC(F)(F)C4)CCCC3)cccc21. The average molecular weight is 532 g/mol. The molecule has 2 saturated heterocycles. The zero-order valence-electron chi connectivity index (χ0n) is 22.1. The number of carbonyl (C=O) groups excluding carboxylic acids is 3. The largest absolute Gasteiger partial charge is 0.442 e. The molecular formula is C27H35F2N5O4. The predicted octanol–water partition coefficient (Wildman–Crippen LogP) is 4.40. The van der Waals surface area contributed by atoms with Crippen molar-refractivity contribution in [2.24, 2.45) is 0 Å². The van der Waals surface area contributed by atoms with Crippen LogP contribution in [0.1, 0.15) is 65.7 Å². The topological polar surface area (TPSA) is 96.8 Å². The number of benzene rings is 1. The van der Waals surface area contributed by atoms with Gasteiger partial charge in [0, 0.05) is 24.9 Å². The molecule has 5 rings (SSSR count). The predicted molar refractivity (Wildman–Crippen MR) is 137 cm³/mol. The summed E-state index contributed by atoms with van der Waals surface area (Å²) in [6.45, 7) is 5.50. The Kier molecular flexibility index (Phi) is 6.69. The summed E-state index contributed by atoms with van der Waals surface area (Å²) in [5.41, 5.74) is -0.703. The maximum absolute atomic E-state index is 14.1. The van der Waals surface area contributed by atoms with Crippen molar-refractivity contribution in [3.05, 3.63) is 24.4 Å². The Morgan fingerprint density at radius 3 is 2.47 bits per heavy atom. The molecule has 0 spiro atoms. The highest BCUT2D eigenvalue weighted by atomic mass is 19.3. The molecule has 1 saturated carbocycles. The van der Waals surface area contributed by atoms with E-state index in [1.54, 1.807) is 48.8 Å². The molecule has 206 valence electrons. The lowest BCUT2D eigenvalue weighted by molar-refractivity contribution is -0.148. The second-order valence-corrected chi connectivity index (χ2v) is 11.7. The van der Waals surface area contributed by atoms with Crippen molar-refractivity contribution in [2.45, 2.75) is 88.8 Å². The van der Waals surface area contributed by atoms with E-state index in [4.69, 9.17) is 4.74 Å². The van der Waals surface area contributed by atoms with E-state index in [0.29, 0.717) is 48.8 Å². The minimum atomic E-state index is -2.79. The van der Waals surface area contributed by atoms with Gasteiger partial charge in [-0.15, -0.1) is 0 Å². The van der Waals surface area contributed by atoms with Crippen LogP contribution in [0.15, 0.2) is 24.4 Å². The summed E-state index contributed by atoms with van der Waals surface area (Å²) in [7, 11) is 0. The van der Waals surface area contributed by atoms with Gasteiger partial charge in [-0.1, -0.05) is 18.9 Å². The summed E-state index contributed by atoms with van der Waals surface area (Å²) < 4.78 is 34.8. The molecule has 1 aliphatic carbocycles. The number of anilines is 1. The Morgan fingerprint density at radius 1 is 1.08 bits per heavy atom. The molecule has 1 aromatic heterocycles. The molecule has 11 heteroatoms. The minimum Gasteiger partial charge on any atom is -0.442 e. The monoisotopic (exact) mass is 531 g/mol. The maximum Gasteiger partial charge on any atom is 0.435 e. The average Bonchev–Trinajstić information content (AvgIpc) is 3.62. The number of likely N-dealkylation sites (tertiary alicyclic amines) is 2. The summed E-state index contributed by atoms with van der Waals surface area (Å²) in [5.74, 6) is -3.34. The highest BCUT2D eigenvalue weighted by Gasteiger charge is 2.55. The lowest BCUT2D eigenvalue weighted by Gasteiger charge is -2.41. The fraction of sp³-hybridized carbons (Fsp3) is 0.630. The first kappa shape index (κ1) is 26.5. The molecular weight excluding hydrogens is 496 g/mol. The van der Waals surface area contributed by atoms with Gasteiger partial charge in [-0.2, -0.15) is 9.78 Å². The van der Waals surface area contributed by atoms with E-state index >= 15 is 0 Å². The van der Waals surface area contributed by atoms with Crippen molar-refractivity contribution in [3.8, 4) is 0 Å². The van der Waals surface area contributed by atoms with Crippen molar-refractivity contribution in [3.63, 3.8) is 0 Å². The summed E-state index contributed by atoms with van der Waals surface area (Å²) in [6, 6.07) is 4.44. The fourth-order valence-electron chi connectivity index (χ4n) is 6.10. The van der Waals surface area contributed by atoms with Crippen molar-refractivity contribution < 1.29 is 27.9 Å². The lowest BCUT2D eigenvalue weighted by atomic mass is 9.92. The van der Waals surface area contributed by atoms with Crippen LogP contribution in [0.4, 0.5) is 19.3 Å². The molecule has 3 aliphatic rings. The van der Waals surface area contributed by atoms with Crippen molar-refractivity contribution >= 4 is 34.5 Å². The molecule has 9 nitrogen and oxygen atoms in total. The van der Waals surface area contributed by atoms with Crippen molar-refractivity contribution in [2.75, 3.05) is 25.0 Å². The van der Waals surface area contributed by atoms with Gasteiger partial charge >= 0.3 is 6.09 Å². The third kappa shape index (κ3) is 4.88. The van der Waals surface area contributed by atoms with Crippen LogP contribution in [-0.4, -0.2) is 80.2 Å². The fourth-order valence-corrected chi connectivity index (χ4v) is 6.10. The summed E-state index contributed by atoms with van der Waals surface area (Å²) in [4.78, 5) is 43.3. The number of carbonyl (C=O) groups is 3. The number of hydrogen-bond acceptors (Lipinski definition) is 6. The quantitative estimate of drug-likeness (QED) is 0.628. The van der Waals surface area contributed by atoms with E-state index in [2.05, 4.69) is 10.4 Å². The van der Waals surface area contributed by atoms with Crippen LogP contribution in [0.25, 0.3) is 10.9 Å². The second kappa shape index (κ2) is 9.59. The van der Waals surface area contributed by atoms with E-state index in [0.717, 1.165) is 17.5 Å². The molecule has 0 unspecified atom stereocenters. The number of ether oxygens (including phenoxy) is 1. The molecule has 2 aliphatic heterocycles.